The Morgan fingerprint density at radius 3 is 2.25 bits per heavy atom. The minimum atomic E-state index is -4.51. The van der Waals surface area contributed by atoms with Crippen LogP contribution in [-0.4, -0.2) is 60.0 Å². The summed E-state index contributed by atoms with van der Waals surface area (Å²) in [7, 11) is 0. The van der Waals surface area contributed by atoms with Crippen LogP contribution in [0.2, 0.25) is 0 Å². The molecule has 1 atom stereocenters. The first kappa shape index (κ1) is 30.3. The van der Waals surface area contributed by atoms with Gasteiger partial charge in [-0.1, -0.05) is 24.3 Å². The smallest absolute Gasteiger partial charge is 0.356 e. The Morgan fingerprint density at radius 2 is 1.62 bits per heavy atom. The van der Waals surface area contributed by atoms with Gasteiger partial charge >= 0.3 is 12.2 Å². The summed E-state index contributed by atoms with van der Waals surface area (Å²) in [6.45, 7) is 1.56. The van der Waals surface area contributed by atoms with Crippen LogP contribution in [0, 0.1) is 0 Å². The number of amides is 4. The van der Waals surface area contributed by atoms with E-state index in [0.29, 0.717) is 37.4 Å². The van der Waals surface area contributed by atoms with Crippen molar-refractivity contribution in [3.63, 3.8) is 0 Å². The number of rotatable bonds is 10. The van der Waals surface area contributed by atoms with Gasteiger partial charge in [-0.25, -0.2) is 14.8 Å². The van der Waals surface area contributed by atoms with Gasteiger partial charge in [0.05, 0.1) is 44.7 Å². The van der Waals surface area contributed by atoms with Gasteiger partial charge in [-0.15, -0.1) is 0 Å². The van der Waals surface area contributed by atoms with E-state index in [1.807, 2.05) is 24.3 Å². The quantitative estimate of drug-likeness (QED) is 0.200. The van der Waals surface area contributed by atoms with Crippen LogP contribution in [0.15, 0.2) is 60.8 Å². The number of aromatic amines is 1. The molecule has 11 nitrogen and oxygen atoms in total. The molecule has 40 heavy (non-hydrogen) atoms. The van der Waals surface area contributed by atoms with Gasteiger partial charge < -0.3 is 27.4 Å². The van der Waals surface area contributed by atoms with Gasteiger partial charge in [0, 0.05) is 11.5 Å². The summed E-state index contributed by atoms with van der Waals surface area (Å²) in [6.07, 6.45) is -3.15. The molecule has 214 valence electrons. The second-order valence-electron chi connectivity index (χ2n) is 9.15. The second-order valence-corrected chi connectivity index (χ2v) is 9.15. The average Bonchev–Trinajstić information content (AvgIpc) is 2.92. The molecule has 0 radical (unpaired) electrons. The number of benzene rings is 2. The van der Waals surface area contributed by atoms with Gasteiger partial charge in [0.1, 0.15) is 5.69 Å². The molecule has 0 saturated heterocycles. The number of pyridine rings is 1. The Labute approximate surface area is 228 Å². The molecule has 0 aliphatic rings. The molecule has 0 spiro atoms. The number of carbonyl (C=O) groups is 3. The Hall–Kier alpha value is -4.27. The number of H-pyrrole nitrogens is 1. The number of aromatic nitrogens is 1. The van der Waals surface area contributed by atoms with E-state index in [2.05, 4.69) is 32.9 Å². The van der Waals surface area contributed by atoms with Crippen molar-refractivity contribution in [2.45, 2.75) is 25.2 Å². The minimum absolute atomic E-state index is 0.207. The van der Waals surface area contributed by atoms with Gasteiger partial charge in [0.2, 0.25) is 11.4 Å². The maximum Gasteiger partial charge on any atom is 0.416 e. The van der Waals surface area contributed by atoms with E-state index in [0.717, 1.165) is 28.0 Å². The molecular weight excluding hydrogens is 529 g/mol. The molecule has 0 fully saturated rings. The fourth-order valence-electron chi connectivity index (χ4n) is 3.93. The summed E-state index contributed by atoms with van der Waals surface area (Å²) < 4.78 is 39.0. The van der Waals surface area contributed by atoms with Gasteiger partial charge in [-0.2, -0.15) is 13.2 Å². The maximum absolute atomic E-state index is 13.2. The number of para-hydroxylation sites is 1. The van der Waals surface area contributed by atoms with E-state index >= 15 is 0 Å². The zero-order valence-electron chi connectivity index (χ0n) is 22.0. The predicted octanol–water partition coefficient (Wildman–Crippen LogP) is -0.949. The minimum Gasteiger partial charge on any atom is -0.356 e. The third kappa shape index (κ3) is 8.36. The topological polar surface area (TPSA) is 179 Å². The van der Waals surface area contributed by atoms with Crippen LogP contribution in [0.4, 0.5) is 23.7 Å². The first-order valence-corrected chi connectivity index (χ1v) is 12.7. The van der Waals surface area contributed by atoms with E-state index in [9.17, 15) is 27.6 Å². The fourth-order valence-corrected chi connectivity index (χ4v) is 3.93. The average molecular weight is 565 g/mol. The molecule has 0 unspecified atom stereocenters. The van der Waals surface area contributed by atoms with Crippen molar-refractivity contribution in [3.8, 4) is 0 Å². The monoisotopic (exact) mass is 564 g/mol. The Bertz CT molecular complexity index is 1310. The molecule has 14 heteroatoms. The molecule has 3 rings (SSSR count). The number of fused-ring (bicyclic) bond motifs is 1. The molecule has 0 saturated carbocycles. The van der Waals surface area contributed by atoms with Crippen molar-refractivity contribution in [2.24, 2.45) is 0 Å². The molecule has 0 bridgehead atoms. The normalized spacial score (nSPS) is 12.1. The van der Waals surface area contributed by atoms with Crippen molar-refractivity contribution in [1.82, 2.24) is 15.3 Å². The van der Waals surface area contributed by atoms with Crippen molar-refractivity contribution in [3.05, 3.63) is 71.9 Å². The van der Waals surface area contributed by atoms with Crippen molar-refractivity contribution in [2.75, 3.05) is 31.5 Å². The van der Waals surface area contributed by atoms with E-state index in [4.69, 9.17) is 0 Å². The van der Waals surface area contributed by atoms with E-state index in [-0.39, 0.29) is 18.9 Å². The molecule has 2 aromatic carbocycles. The summed E-state index contributed by atoms with van der Waals surface area (Å²) in [4.78, 5) is 43.5. The highest BCUT2D eigenvalue weighted by molar-refractivity contribution is 5.93. The highest BCUT2D eigenvalue weighted by atomic mass is 19.4. The number of carbonyl (C=O) groups excluding carboxylic acids is 3. The Kier molecular flexibility index (Phi) is 10.4. The van der Waals surface area contributed by atoms with Crippen molar-refractivity contribution >= 4 is 34.4 Å². The van der Waals surface area contributed by atoms with Crippen molar-refractivity contribution in [1.29, 1.82) is 0 Å². The van der Waals surface area contributed by atoms with Crippen LogP contribution >= 0.6 is 0 Å². The number of hydrogen-bond acceptors (Lipinski definition) is 3. The first-order chi connectivity index (χ1) is 19.0. The highest BCUT2D eigenvalue weighted by Gasteiger charge is 2.31. The van der Waals surface area contributed by atoms with Gasteiger partial charge in [-0.05, 0) is 29.8 Å². The zero-order chi connectivity index (χ0) is 29.3. The number of halogens is 3. The lowest BCUT2D eigenvalue weighted by Crippen LogP contribution is -2.70. The van der Waals surface area contributed by atoms with Gasteiger partial charge in [-0.3, -0.25) is 15.0 Å². The summed E-state index contributed by atoms with van der Waals surface area (Å²) in [5.74, 6) is -1.00. The number of anilines is 1. The predicted molar refractivity (Wildman–Crippen MR) is 138 cm³/mol. The van der Waals surface area contributed by atoms with Gasteiger partial charge in [0.15, 0.2) is 12.2 Å². The fraction of sp³-hybridized carbons (Fsp3) is 0.308. The van der Waals surface area contributed by atoms with Crippen molar-refractivity contribution < 1.29 is 49.7 Å². The lowest BCUT2D eigenvalue weighted by Gasteiger charge is -2.25. The summed E-state index contributed by atoms with van der Waals surface area (Å²) in [6, 6.07) is 11.6. The SMILES string of the molecule is [NH3+]CCN(CC[NH3+])C(=O)C[C@H]([NH3+])C(=O)NN(Cc1ccc(C(F)(F)F)cc1)C(=O)Nc1c[nH+]c2ccccc2c1. The molecule has 3 aromatic rings. The van der Waals surface area contributed by atoms with Crippen LogP contribution < -0.4 is 32.9 Å². The third-order valence-electron chi connectivity index (χ3n) is 6.02. The zero-order valence-corrected chi connectivity index (χ0v) is 22.0. The lowest BCUT2D eigenvalue weighted by molar-refractivity contribution is -0.404. The molecular formula is C26H35F3N8O3+4. The summed E-state index contributed by atoms with van der Waals surface area (Å²) >= 11 is 0. The first-order valence-electron chi connectivity index (χ1n) is 12.7. The van der Waals surface area contributed by atoms with Crippen LogP contribution in [0.3, 0.4) is 0 Å². The molecule has 12 N–H and O–H groups in total. The highest BCUT2D eigenvalue weighted by Crippen LogP contribution is 2.29. The third-order valence-corrected chi connectivity index (χ3v) is 6.02. The number of nitrogens with zero attached hydrogens (tertiary/aromatic N) is 2. The number of nitrogens with one attached hydrogen (secondary N) is 3. The lowest BCUT2D eigenvalue weighted by atomic mass is 10.1. The van der Waals surface area contributed by atoms with Crippen LogP contribution in [0.25, 0.3) is 10.9 Å². The van der Waals surface area contributed by atoms with Gasteiger partial charge in [0.25, 0.3) is 5.91 Å². The van der Waals surface area contributed by atoms with E-state index < -0.39 is 29.7 Å². The number of urea groups is 1. The maximum atomic E-state index is 13.2. The Balaban J connectivity index is 1.77. The van der Waals surface area contributed by atoms with Crippen LogP contribution in [0.1, 0.15) is 17.5 Å². The Morgan fingerprint density at radius 1 is 0.975 bits per heavy atom. The molecule has 1 aromatic heterocycles. The van der Waals surface area contributed by atoms with Crippen LogP contribution in [-0.2, 0) is 22.3 Å². The number of hydrazine groups is 1. The largest absolute Gasteiger partial charge is 0.416 e. The number of alkyl halides is 3. The summed E-state index contributed by atoms with van der Waals surface area (Å²) in [5, 5.41) is 4.44. The summed E-state index contributed by atoms with van der Waals surface area (Å²) in [5.41, 5.74) is 14.5. The van der Waals surface area contributed by atoms with E-state index in [1.54, 1.807) is 17.2 Å². The number of hydrogen-bond donors (Lipinski definition) is 5. The molecule has 1 heterocycles. The standard InChI is InChI=1S/C26H31F3N8O3/c27-26(28,29)19-7-5-17(6-8-19)16-37(25(40)34-20-13-18-3-1-2-4-22(18)33-15-20)35-24(39)21(32)14-23(38)36(11-9-30)12-10-31/h1-8,13,15,21H,9-12,14,16,30-32H2,(H,34,40)(H,35,39)/p+4/t21-/m0/s1. The van der Waals surface area contributed by atoms with Crippen LogP contribution in [0.5, 0.6) is 0 Å². The molecule has 0 aliphatic heterocycles. The molecule has 4 amide bonds. The molecule has 0 aliphatic carbocycles. The number of quaternary nitrogens is 3. The second kappa shape index (κ2) is 13.7. The van der Waals surface area contributed by atoms with E-state index in [1.165, 1.54) is 12.1 Å².